The van der Waals surface area contributed by atoms with E-state index < -0.39 is 6.10 Å². The maximum Gasteiger partial charge on any atom is 0.319 e. The van der Waals surface area contributed by atoms with Crippen LogP contribution in [0.2, 0.25) is 0 Å². The zero-order valence-electron chi connectivity index (χ0n) is 16.3. The Morgan fingerprint density at radius 1 is 1.14 bits per heavy atom. The van der Waals surface area contributed by atoms with Crippen LogP contribution in [0.1, 0.15) is 36.2 Å². The average molecular weight is 381 g/mol. The Balaban J connectivity index is 1.61. The molecule has 0 spiro atoms. The molecule has 2 aromatic rings. The van der Waals surface area contributed by atoms with E-state index in [4.69, 9.17) is 0 Å². The Hall–Kier alpha value is -2.86. The van der Waals surface area contributed by atoms with Crippen molar-refractivity contribution in [1.29, 1.82) is 0 Å². The number of fused-ring (bicyclic) bond motifs is 1. The molecule has 2 unspecified atom stereocenters. The number of aliphatic hydroxyl groups excluding tert-OH is 1. The lowest BCUT2D eigenvalue weighted by Crippen LogP contribution is -2.33. The number of carbonyl (C=O) groups is 2. The second-order valence-corrected chi connectivity index (χ2v) is 7.44. The number of para-hydroxylation sites is 1. The molecule has 1 aliphatic rings. The van der Waals surface area contributed by atoms with Crippen molar-refractivity contribution >= 4 is 23.3 Å². The second kappa shape index (κ2) is 8.89. The van der Waals surface area contributed by atoms with Gasteiger partial charge in [0.15, 0.2) is 0 Å². The van der Waals surface area contributed by atoms with E-state index in [1.807, 2.05) is 31.2 Å². The van der Waals surface area contributed by atoms with E-state index in [1.54, 1.807) is 36.1 Å². The van der Waals surface area contributed by atoms with Crippen molar-refractivity contribution in [3.63, 3.8) is 0 Å². The third-order valence-electron chi connectivity index (χ3n) is 4.85. The highest BCUT2D eigenvalue weighted by Gasteiger charge is 2.25. The molecular weight excluding hydrogens is 354 g/mol. The number of rotatable bonds is 6. The van der Waals surface area contributed by atoms with Crippen LogP contribution in [0.5, 0.6) is 0 Å². The Bertz CT molecular complexity index is 850. The molecule has 1 heterocycles. The number of anilines is 2. The molecule has 0 saturated heterocycles. The summed E-state index contributed by atoms with van der Waals surface area (Å²) in [5.41, 5.74) is 3.24. The zero-order chi connectivity index (χ0) is 20.1. The minimum Gasteiger partial charge on any atom is -0.393 e. The lowest BCUT2D eigenvalue weighted by atomic mass is 10.1. The standard InChI is InChI=1S/C22H27N3O3/c1-15(12-16(2)26)14-23-22(28)24-19-8-5-7-18(13-19)21(27)25-11-10-17-6-3-4-9-20(17)25/h3-9,13,15-16,26H,10-12,14H2,1-2H3,(H2,23,24,28). The molecule has 6 nitrogen and oxygen atoms in total. The third-order valence-corrected chi connectivity index (χ3v) is 4.85. The van der Waals surface area contributed by atoms with Crippen LogP contribution in [-0.4, -0.2) is 36.2 Å². The van der Waals surface area contributed by atoms with E-state index >= 15 is 0 Å². The van der Waals surface area contributed by atoms with E-state index in [0.717, 1.165) is 12.1 Å². The topological polar surface area (TPSA) is 81.7 Å². The summed E-state index contributed by atoms with van der Waals surface area (Å²) in [6.07, 6.45) is 1.09. The summed E-state index contributed by atoms with van der Waals surface area (Å²) in [7, 11) is 0. The molecule has 0 radical (unpaired) electrons. The molecule has 3 amide bonds. The van der Waals surface area contributed by atoms with Gasteiger partial charge in [0.25, 0.3) is 5.91 Å². The monoisotopic (exact) mass is 381 g/mol. The lowest BCUT2D eigenvalue weighted by molar-refractivity contribution is 0.0989. The maximum atomic E-state index is 12.9. The molecular formula is C22H27N3O3. The largest absolute Gasteiger partial charge is 0.393 e. The average Bonchev–Trinajstić information content (AvgIpc) is 3.09. The molecule has 2 atom stereocenters. The number of aliphatic hydroxyl groups is 1. The Labute approximate surface area is 165 Å². The first-order valence-electron chi connectivity index (χ1n) is 9.67. The van der Waals surface area contributed by atoms with Gasteiger partial charge in [-0.1, -0.05) is 31.2 Å². The van der Waals surface area contributed by atoms with Gasteiger partial charge in [-0.3, -0.25) is 4.79 Å². The summed E-state index contributed by atoms with van der Waals surface area (Å²) >= 11 is 0. The van der Waals surface area contributed by atoms with Crippen LogP contribution in [0.4, 0.5) is 16.2 Å². The number of hydrogen-bond donors (Lipinski definition) is 3. The molecule has 0 bridgehead atoms. The molecule has 148 valence electrons. The van der Waals surface area contributed by atoms with Crippen molar-refractivity contribution in [2.45, 2.75) is 32.8 Å². The highest BCUT2D eigenvalue weighted by atomic mass is 16.3. The lowest BCUT2D eigenvalue weighted by Gasteiger charge is -2.18. The molecule has 6 heteroatoms. The third kappa shape index (κ3) is 4.89. The van der Waals surface area contributed by atoms with Crippen LogP contribution in [-0.2, 0) is 6.42 Å². The van der Waals surface area contributed by atoms with E-state index in [0.29, 0.717) is 30.8 Å². The van der Waals surface area contributed by atoms with Gasteiger partial charge in [0.2, 0.25) is 0 Å². The first kappa shape index (κ1) is 19.9. The fraction of sp³-hybridized carbons (Fsp3) is 0.364. The van der Waals surface area contributed by atoms with Crippen molar-refractivity contribution in [1.82, 2.24) is 5.32 Å². The quantitative estimate of drug-likeness (QED) is 0.717. The summed E-state index contributed by atoms with van der Waals surface area (Å²) in [6.45, 7) is 4.84. The molecule has 3 rings (SSSR count). The van der Waals surface area contributed by atoms with Gasteiger partial charge in [0.05, 0.1) is 6.10 Å². The molecule has 2 aromatic carbocycles. The van der Waals surface area contributed by atoms with Crippen LogP contribution in [0.15, 0.2) is 48.5 Å². The van der Waals surface area contributed by atoms with Crippen molar-refractivity contribution in [2.75, 3.05) is 23.3 Å². The van der Waals surface area contributed by atoms with Crippen LogP contribution in [0, 0.1) is 5.92 Å². The first-order valence-corrected chi connectivity index (χ1v) is 9.67. The fourth-order valence-electron chi connectivity index (χ4n) is 3.54. The highest BCUT2D eigenvalue weighted by molar-refractivity contribution is 6.08. The summed E-state index contributed by atoms with van der Waals surface area (Å²) in [5.74, 6) is 0.105. The minimum atomic E-state index is -0.390. The molecule has 1 aliphatic heterocycles. The minimum absolute atomic E-state index is 0.0698. The molecule has 0 saturated carbocycles. The molecule has 0 aromatic heterocycles. The van der Waals surface area contributed by atoms with Crippen molar-refractivity contribution < 1.29 is 14.7 Å². The van der Waals surface area contributed by atoms with E-state index in [-0.39, 0.29) is 17.9 Å². The Morgan fingerprint density at radius 3 is 2.71 bits per heavy atom. The van der Waals surface area contributed by atoms with Crippen LogP contribution in [0.25, 0.3) is 0 Å². The van der Waals surface area contributed by atoms with Crippen molar-refractivity contribution in [3.05, 3.63) is 59.7 Å². The summed E-state index contributed by atoms with van der Waals surface area (Å²) in [6, 6.07) is 14.6. The number of nitrogens with one attached hydrogen (secondary N) is 2. The predicted octanol–water partition coefficient (Wildman–Crippen LogP) is 3.42. The maximum absolute atomic E-state index is 12.9. The summed E-state index contributed by atoms with van der Waals surface area (Å²) in [4.78, 5) is 26.8. The first-order chi connectivity index (χ1) is 13.4. The second-order valence-electron chi connectivity index (χ2n) is 7.44. The predicted molar refractivity (Wildman–Crippen MR) is 111 cm³/mol. The number of carbonyl (C=O) groups excluding carboxylic acids is 2. The number of hydrogen-bond acceptors (Lipinski definition) is 3. The smallest absolute Gasteiger partial charge is 0.319 e. The van der Waals surface area contributed by atoms with Crippen molar-refractivity contribution in [2.24, 2.45) is 5.92 Å². The van der Waals surface area contributed by atoms with Gasteiger partial charge in [0.1, 0.15) is 0 Å². The fourth-order valence-corrected chi connectivity index (χ4v) is 3.54. The number of benzene rings is 2. The highest BCUT2D eigenvalue weighted by Crippen LogP contribution is 2.29. The van der Waals surface area contributed by atoms with Gasteiger partial charge >= 0.3 is 6.03 Å². The van der Waals surface area contributed by atoms with Crippen LogP contribution >= 0.6 is 0 Å². The van der Waals surface area contributed by atoms with E-state index in [2.05, 4.69) is 10.6 Å². The summed E-state index contributed by atoms with van der Waals surface area (Å²) in [5, 5.41) is 15.0. The van der Waals surface area contributed by atoms with Gasteiger partial charge < -0.3 is 20.6 Å². The number of nitrogens with zero attached hydrogens (tertiary/aromatic N) is 1. The molecule has 0 fully saturated rings. The van der Waals surface area contributed by atoms with Gasteiger partial charge in [-0.2, -0.15) is 0 Å². The summed E-state index contributed by atoms with van der Waals surface area (Å²) < 4.78 is 0. The van der Waals surface area contributed by atoms with Gasteiger partial charge in [-0.05, 0) is 55.5 Å². The van der Waals surface area contributed by atoms with E-state index in [1.165, 1.54) is 5.56 Å². The molecule has 28 heavy (non-hydrogen) atoms. The number of amides is 3. The SMILES string of the molecule is CC(O)CC(C)CNC(=O)Nc1cccc(C(=O)N2CCc3ccccc32)c1. The van der Waals surface area contributed by atoms with E-state index in [9.17, 15) is 14.7 Å². The number of urea groups is 1. The molecule has 3 N–H and O–H groups in total. The normalized spacial score (nSPS) is 14.9. The van der Waals surface area contributed by atoms with Crippen LogP contribution < -0.4 is 15.5 Å². The molecule has 0 aliphatic carbocycles. The van der Waals surface area contributed by atoms with Crippen LogP contribution in [0.3, 0.4) is 0 Å². The van der Waals surface area contributed by atoms with Gasteiger partial charge in [0, 0.05) is 30.0 Å². The van der Waals surface area contributed by atoms with Crippen molar-refractivity contribution in [3.8, 4) is 0 Å². The van der Waals surface area contributed by atoms with Gasteiger partial charge in [-0.25, -0.2) is 4.79 Å². The Kier molecular flexibility index (Phi) is 6.31. The Morgan fingerprint density at radius 2 is 1.93 bits per heavy atom. The van der Waals surface area contributed by atoms with Gasteiger partial charge in [-0.15, -0.1) is 0 Å². The zero-order valence-corrected chi connectivity index (χ0v) is 16.3.